The third-order valence-electron chi connectivity index (χ3n) is 6.38. The molecule has 6 rings (SSSR count). The molecule has 39 heavy (non-hydrogen) atoms. The van der Waals surface area contributed by atoms with Crippen LogP contribution in [0.1, 0.15) is 24.0 Å². The molecule has 0 fully saturated rings. The third-order valence-corrected chi connectivity index (χ3v) is 6.38. The summed E-state index contributed by atoms with van der Waals surface area (Å²) in [6, 6.07) is 38.0. The monoisotopic (exact) mass is 622 g/mol. The zero-order chi connectivity index (χ0) is 24.4. The van der Waals surface area contributed by atoms with Gasteiger partial charge in [-0.25, -0.2) is 0 Å². The van der Waals surface area contributed by atoms with E-state index in [1.165, 1.54) is 43.1 Å². The van der Waals surface area contributed by atoms with Crippen molar-refractivity contribution in [3.05, 3.63) is 164 Å². The number of fused-ring (bicyclic) bond motifs is 2. The van der Waals surface area contributed by atoms with Gasteiger partial charge in [-0.3, -0.25) is 0 Å². The van der Waals surface area contributed by atoms with Crippen molar-refractivity contribution in [3.8, 4) is 0 Å². The Labute approximate surface area is 263 Å². The number of benzene rings is 4. The maximum absolute atomic E-state index is 3.43. The van der Waals surface area contributed by atoms with Gasteiger partial charge in [0.05, 0.1) is 0 Å². The molecule has 0 N–H and O–H groups in total. The van der Waals surface area contributed by atoms with Crippen LogP contribution in [0.2, 0.25) is 0 Å². The maximum atomic E-state index is 3.43. The van der Waals surface area contributed by atoms with Crippen LogP contribution in [0.3, 0.4) is 0 Å². The molecule has 3 heteroatoms. The summed E-state index contributed by atoms with van der Waals surface area (Å²) in [5.41, 5.74) is 5.22. The van der Waals surface area contributed by atoms with Crippen molar-refractivity contribution in [2.24, 2.45) is 0 Å². The average molecular weight is 625 g/mol. The Morgan fingerprint density at radius 2 is 0.821 bits per heavy atom. The van der Waals surface area contributed by atoms with Crippen molar-refractivity contribution < 1.29 is 51.0 Å². The van der Waals surface area contributed by atoms with Crippen LogP contribution in [0, 0.1) is 0 Å². The van der Waals surface area contributed by atoms with Gasteiger partial charge in [0.15, 0.2) is 0 Å². The summed E-state index contributed by atoms with van der Waals surface area (Å²) in [6.07, 6.45) is 20.1. The molecular weight excluding hydrogens is 595 g/mol. The Morgan fingerprint density at radius 3 is 1.21 bits per heavy atom. The Kier molecular flexibility index (Phi) is 14.2. The molecule has 0 bridgehead atoms. The van der Waals surface area contributed by atoms with Gasteiger partial charge in [-0.05, 0) is 24.0 Å². The van der Waals surface area contributed by atoms with Crippen molar-refractivity contribution in [2.75, 3.05) is 0 Å². The van der Waals surface area contributed by atoms with E-state index in [1.807, 2.05) is 0 Å². The first kappa shape index (κ1) is 32.5. The van der Waals surface area contributed by atoms with E-state index in [0.717, 1.165) is 25.7 Å². The summed E-state index contributed by atoms with van der Waals surface area (Å²) in [5, 5.41) is 4.99. The SMILES string of the molecule is [C-]1=c2ccccc2=CC1=CCCc1ccccc1.[C-]1=c2ccccc2=CC1=CCCc1ccccc1.[Cl-].[Cl-].[Zr+4]. The largest absolute Gasteiger partial charge is 4.00 e. The van der Waals surface area contributed by atoms with Crippen LogP contribution < -0.4 is 45.7 Å². The van der Waals surface area contributed by atoms with Gasteiger partial charge in [-0.2, -0.15) is 0 Å². The van der Waals surface area contributed by atoms with Gasteiger partial charge in [0.2, 0.25) is 0 Å². The molecule has 192 valence electrons. The van der Waals surface area contributed by atoms with Crippen molar-refractivity contribution >= 4 is 24.3 Å². The minimum absolute atomic E-state index is 0. The fraction of sp³-hybridized carbons (Fsp3) is 0.111. The predicted molar refractivity (Wildman–Crippen MR) is 153 cm³/mol. The minimum atomic E-state index is 0. The standard InChI is InChI=1S/2C18H15.2ClH.Zr/c2*1-2-7-15(8-3-1)9-6-10-16-13-17-11-4-5-12-18(17)14-16;;;/h2*1-5,7-8,10-13H,6,9H2;2*1H;/q2*-1;;;+4/p-2. The van der Waals surface area contributed by atoms with Crippen LogP contribution in [-0.2, 0) is 39.0 Å². The number of hydrogen-bond acceptors (Lipinski definition) is 0. The average Bonchev–Trinajstić information content (AvgIpc) is 3.54. The molecular formula is C36H30Cl2Zr. The first-order valence-corrected chi connectivity index (χ1v) is 12.7. The zero-order valence-electron chi connectivity index (χ0n) is 21.8. The Morgan fingerprint density at radius 1 is 0.462 bits per heavy atom. The van der Waals surface area contributed by atoms with Crippen molar-refractivity contribution in [1.82, 2.24) is 0 Å². The van der Waals surface area contributed by atoms with Gasteiger partial charge in [-0.1, -0.05) is 110 Å². The van der Waals surface area contributed by atoms with Crippen LogP contribution in [0.4, 0.5) is 0 Å². The minimum Gasteiger partial charge on any atom is -1.00 e. The van der Waals surface area contributed by atoms with E-state index in [9.17, 15) is 0 Å². The Hall–Kier alpha value is -2.70. The first-order valence-electron chi connectivity index (χ1n) is 12.7. The van der Waals surface area contributed by atoms with E-state index in [2.05, 4.69) is 146 Å². The quantitative estimate of drug-likeness (QED) is 0.252. The molecule has 0 nitrogen and oxygen atoms in total. The summed E-state index contributed by atoms with van der Waals surface area (Å²) < 4.78 is 0. The van der Waals surface area contributed by atoms with E-state index >= 15 is 0 Å². The summed E-state index contributed by atoms with van der Waals surface area (Å²) in [4.78, 5) is 0. The number of rotatable bonds is 6. The second kappa shape index (κ2) is 17.1. The van der Waals surface area contributed by atoms with Crippen molar-refractivity contribution in [2.45, 2.75) is 25.7 Å². The number of aryl methyl sites for hydroxylation is 2. The molecule has 0 atom stereocenters. The molecule has 0 aromatic heterocycles. The molecule has 0 amide bonds. The molecule has 0 aliphatic heterocycles. The van der Waals surface area contributed by atoms with Gasteiger partial charge < -0.3 is 24.8 Å². The molecule has 2 aliphatic carbocycles. The molecule has 0 saturated carbocycles. The van der Waals surface area contributed by atoms with Gasteiger partial charge >= 0.3 is 26.2 Å². The molecule has 4 aromatic rings. The third kappa shape index (κ3) is 9.77. The molecule has 2 aliphatic rings. The molecule has 0 spiro atoms. The van der Waals surface area contributed by atoms with Crippen molar-refractivity contribution in [3.63, 3.8) is 0 Å². The molecule has 0 heterocycles. The number of hydrogen-bond donors (Lipinski definition) is 0. The van der Waals surface area contributed by atoms with Crippen LogP contribution in [-0.4, -0.2) is 0 Å². The van der Waals surface area contributed by atoms with E-state index in [0.29, 0.717) is 0 Å². The topological polar surface area (TPSA) is 0 Å². The second-order valence-corrected chi connectivity index (χ2v) is 9.08. The predicted octanol–water partition coefficient (Wildman–Crippen LogP) is -0.600. The smallest absolute Gasteiger partial charge is 1.00 e. The first-order chi connectivity index (χ1) is 17.8. The van der Waals surface area contributed by atoms with Crippen LogP contribution in [0.25, 0.3) is 24.3 Å². The molecule has 4 aromatic carbocycles. The van der Waals surface area contributed by atoms with E-state index in [1.54, 1.807) is 0 Å². The normalized spacial score (nSPS) is 13.8. The molecule has 0 radical (unpaired) electrons. The summed E-state index contributed by atoms with van der Waals surface area (Å²) in [7, 11) is 0. The van der Waals surface area contributed by atoms with Gasteiger partial charge in [0, 0.05) is 0 Å². The van der Waals surface area contributed by atoms with E-state index in [-0.39, 0.29) is 51.0 Å². The summed E-state index contributed by atoms with van der Waals surface area (Å²) >= 11 is 0. The summed E-state index contributed by atoms with van der Waals surface area (Å²) in [6.45, 7) is 0. The number of allylic oxidation sites excluding steroid dienone is 4. The van der Waals surface area contributed by atoms with Crippen LogP contribution in [0.5, 0.6) is 0 Å². The fourth-order valence-electron chi connectivity index (χ4n) is 4.49. The van der Waals surface area contributed by atoms with Gasteiger partial charge in [0.25, 0.3) is 0 Å². The maximum Gasteiger partial charge on any atom is 4.00 e. The second-order valence-electron chi connectivity index (χ2n) is 9.08. The summed E-state index contributed by atoms with van der Waals surface area (Å²) in [5.74, 6) is 0. The Bertz CT molecular complexity index is 1420. The number of halogens is 2. The molecule has 0 unspecified atom stereocenters. The molecule has 0 saturated heterocycles. The van der Waals surface area contributed by atoms with E-state index < -0.39 is 0 Å². The van der Waals surface area contributed by atoms with Crippen molar-refractivity contribution in [1.29, 1.82) is 0 Å². The zero-order valence-corrected chi connectivity index (χ0v) is 25.8. The fourth-order valence-corrected chi connectivity index (χ4v) is 4.49. The van der Waals surface area contributed by atoms with Gasteiger partial charge in [0.1, 0.15) is 0 Å². The Balaban J connectivity index is 0.000000254. The van der Waals surface area contributed by atoms with Crippen LogP contribution in [0.15, 0.2) is 132 Å². The van der Waals surface area contributed by atoms with Crippen LogP contribution >= 0.6 is 0 Å². The van der Waals surface area contributed by atoms with Gasteiger partial charge in [-0.15, -0.1) is 80.6 Å². The van der Waals surface area contributed by atoms with E-state index in [4.69, 9.17) is 0 Å².